The van der Waals surface area contributed by atoms with Crippen molar-refractivity contribution < 1.29 is 9.90 Å². The summed E-state index contributed by atoms with van der Waals surface area (Å²) in [6.45, 7) is 4.93. The maximum absolute atomic E-state index is 10.4. The molecule has 0 unspecified atom stereocenters. The SMILES string of the molecule is CC(C)CNc1nc(C(=O)[O-])cs1.[K]. The summed E-state index contributed by atoms with van der Waals surface area (Å²) in [5.41, 5.74) is -0.00347. The molecule has 0 aliphatic heterocycles. The van der Waals surface area contributed by atoms with Crippen LogP contribution in [0.15, 0.2) is 5.38 Å². The Hall–Kier alpha value is 0.536. The number of carbonyl (C=O) groups excluding carboxylic acids is 1. The Bertz CT molecular complexity index is 301. The van der Waals surface area contributed by atoms with E-state index in [9.17, 15) is 9.90 Å². The van der Waals surface area contributed by atoms with Crippen molar-refractivity contribution in [2.24, 2.45) is 5.92 Å². The molecule has 6 heteroatoms. The van der Waals surface area contributed by atoms with Crippen LogP contribution in [0.1, 0.15) is 24.3 Å². The average molecular weight is 238 g/mol. The molecule has 1 N–H and O–H groups in total. The van der Waals surface area contributed by atoms with E-state index in [1.54, 1.807) is 0 Å². The van der Waals surface area contributed by atoms with E-state index in [2.05, 4.69) is 24.1 Å². The first-order valence-electron chi connectivity index (χ1n) is 4.00. The Labute approximate surface area is 130 Å². The molecule has 0 saturated heterocycles. The Morgan fingerprint density at radius 3 is 2.79 bits per heavy atom. The molecule has 1 radical (unpaired) electrons. The molecule has 0 aliphatic rings. The standard InChI is InChI=1S/C8H12N2O2S.K/c1-5(2)3-9-8-10-6(4-13-8)7(11)12;/h4-5H,3H2,1-2H3,(H,9,10)(H,11,12);/p-1. The van der Waals surface area contributed by atoms with Crippen molar-refractivity contribution in [3.63, 3.8) is 0 Å². The van der Waals surface area contributed by atoms with Crippen LogP contribution in [0.5, 0.6) is 0 Å². The third kappa shape index (κ3) is 4.86. The van der Waals surface area contributed by atoms with Gasteiger partial charge in [0.1, 0.15) is 0 Å². The van der Waals surface area contributed by atoms with Crippen LogP contribution >= 0.6 is 11.3 Å². The first kappa shape index (κ1) is 14.5. The second kappa shape index (κ2) is 6.92. The topological polar surface area (TPSA) is 65.0 Å². The van der Waals surface area contributed by atoms with Gasteiger partial charge in [-0.3, -0.25) is 0 Å². The van der Waals surface area contributed by atoms with Gasteiger partial charge in [0.25, 0.3) is 0 Å². The largest absolute Gasteiger partial charge is 0.543 e. The molecule has 0 atom stereocenters. The molecule has 0 amide bonds. The van der Waals surface area contributed by atoms with Crippen molar-refractivity contribution in [2.75, 3.05) is 11.9 Å². The number of hydrogen-bond donors (Lipinski definition) is 1. The summed E-state index contributed by atoms with van der Waals surface area (Å²) in [6.07, 6.45) is 0. The molecule has 1 aromatic heterocycles. The Kier molecular flexibility index (Phi) is 7.18. The first-order valence-corrected chi connectivity index (χ1v) is 4.88. The number of carboxylic acids is 1. The van der Waals surface area contributed by atoms with Crippen LogP contribution < -0.4 is 10.4 Å². The molecule has 0 aromatic carbocycles. The van der Waals surface area contributed by atoms with Gasteiger partial charge in [0.05, 0.1) is 11.7 Å². The first-order chi connectivity index (χ1) is 6.09. The van der Waals surface area contributed by atoms with E-state index in [-0.39, 0.29) is 57.1 Å². The molecule has 0 fully saturated rings. The Morgan fingerprint density at radius 2 is 2.36 bits per heavy atom. The zero-order valence-electron chi connectivity index (χ0n) is 8.53. The molecule has 14 heavy (non-hydrogen) atoms. The fourth-order valence-electron chi connectivity index (χ4n) is 0.740. The van der Waals surface area contributed by atoms with Crippen molar-refractivity contribution in [3.8, 4) is 0 Å². The second-order valence-corrected chi connectivity index (χ2v) is 3.96. The van der Waals surface area contributed by atoms with Crippen LogP contribution in [0.3, 0.4) is 0 Å². The number of thiazole rings is 1. The predicted octanol–water partition coefficient (Wildman–Crippen LogP) is 0.194. The van der Waals surface area contributed by atoms with Gasteiger partial charge in [0.15, 0.2) is 5.13 Å². The smallest absolute Gasteiger partial charge is 0.183 e. The van der Waals surface area contributed by atoms with Crippen LogP contribution in [-0.4, -0.2) is 68.9 Å². The molecule has 0 bridgehead atoms. The minimum absolute atomic E-state index is 0. The number of carbonyl (C=O) groups is 1. The third-order valence-electron chi connectivity index (χ3n) is 1.37. The molecule has 4 nitrogen and oxygen atoms in total. The summed E-state index contributed by atoms with van der Waals surface area (Å²) in [5, 5.41) is 15.5. The number of nitrogens with one attached hydrogen (secondary N) is 1. The summed E-state index contributed by atoms with van der Waals surface area (Å²) in [5.74, 6) is -0.718. The minimum Gasteiger partial charge on any atom is -0.543 e. The Morgan fingerprint density at radius 1 is 1.71 bits per heavy atom. The summed E-state index contributed by atoms with van der Waals surface area (Å²) in [7, 11) is 0. The number of aromatic nitrogens is 1. The van der Waals surface area contributed by atoms with E-state index in [1.807, 2.05) is 0 Å². The number of anilines is 1. The van der Waals surface area contributed by atoms with Gasteiger partial charge in [-0.2, -0.15) is 0 Å². The molecule has 0 saturated carbocycles. The zero-order chi connectivity index (χ0) is 9.84. The van der Waals surface area contributed by atoms with Gasteiger partial charge >= 0.3 is 0 Å². The van der Waals surface area contributed by atoms with Gasteiger partial charge < -0.3 is 15.2 Å². The number of carboxylic acid groups (broad SMARTS) is 1. The summed E-state index contributed by atoms with van der Waals surface area (Å²) >= 11 is 1.28. The van der Waals surface area contributed by atoms with E-state index in [0.717, 1.165) is 6.54 Å². The number of nitrogens with zero attached hydrogens (tertiary/aromatic N) is 1. The van der Waals surface area contributed by atoms with E-state index < -0.39 is 5.97 Å². The van der Waals surface area contributed by atoms with Gasteiger partial charge in [0.2, 0.25) is 0 Å². The fraction of sp³-hybridized carbons (Fsp3) is 0.500. The molecule has 1 heterocycles. The molecule has 73 valence electrons. The number of rotatable bonds is 4. The average Bonchev–Trinajstić information content (AvgIpc) is 2.48. The minimum atomic E-state index is -1.23. The second-order valence-electron chi connectivity index (χ2n) is 3.10. The number of aromatic carboxylic acids is 1. The molecule has 1 rings (SSSR count). The van der Waals surface area contributed by atoms with Gasteiger partial charge in [-0.15, -0.1) is 11.3 Å². The molecular formula is C8H11KN2O2S-. The van der Waals surface area contributed by atoms with Crippen LogP contribution in [0.4, 0.5) is 5.13 Å². The predicted molar refractivity (Wildman–Crippen MR) is 55.5 cm³/mol. The van der Waals surface area contributed by atoms with Gasteiger partial charge in [0, 0.05) is 63.3 Å². The van der Waals surface area contributed by atoms with Crippen LogP contribution in [0.2, 0.25) is 0 Å². The van der Waals surface area contributed by atoms with Gasteiger partial charge in [-0.1, -0.05) is 13.8 Å². The molecule has 1 aromatic rings. The maximum atomic E-state index is 10.4. The Balaban J connectivity index is 0.00000169. The quantitative estimate of drug-likeness (QED) is 0.761. The normalized spacial score (nSPS) is 9.64. The van der Waals surface area contributed by atoms with Crippen molar-refractivity contribution >= 4 is 73.8 Å². The third-order valence-corrected chi connectivity index (χ3v) is 2.17. The fourth-order valence-corrected chi connectivity index (χ4v) is 1.43. The van der Waals surface area contributed by atoms with E-state index in [4.69, 9.17) is 0 Å². The maximum Gasteiger partial charge on any atom is 0.183 e. The van der Waals surface area contributed by atoms with Gasteiger partial charge in [-0.05, 0) is 5.92 Å². The molecule has 0 spiro atoms. The monoisotopic (exact) mass is 238 g/mol. The van der Waals surface area contributed by atoms with Crippen molar-refractivity contribution in [1.82, 2.24) is 4.98 Å². The molecule has 0 aliphatic carbocycles. The van der Waals surface area contributed by atoms with Crippen molar-refractivity contribution in [1.29, 1.82) is 0 Å². The van der Waals surface area contributed by atoms with E-state index in [1.165, 1.54) is 16.7 Å². The van der Waals surface area contributed by atoms with Crippen molar-refractivity contribution in [2.45, 2.75) is 13.8 Å². The van der Waals surface area contributed by atoms with Crippen LogP contribution in [0, 0.1) is 5.92 Å². The molecular weight excluding hydrogens is 227 g/mol. The van der Waals surface area contributed by atoms with Crippen LogP contribution in [-0.2, 0) is 0 Å². The summed E-state index contributed by atoms with van der Waals surface area (Å²) in [4.78, 5) is 14.2. The number of hydrogen-bond acceptors (Lipinski definition) is 5. The van der Waals surface area contributed by atoms with Crippen LogP contribution in [0.25, 0.3) is 0 Å². The van der Waals surface area contributed by atoms with E-state index in [0.29, 0.717) is 11.0 Å². The summed E-state index contributed by atoms with van der Waals surface area (Å²) < 4.78 is 0. The van der Waals surface area contributed by atoms with E-state index >= 15 is 0 Å². The van der Waals surface area contributed by atoms with Crippen molar-refractivity contribution in [3.05, 3.63) is 11.1 Å². The van der Waals surface area contributed by atoms with Gasteiger partial charge in [-0.25, -0.2) is 4.98 Å². The summed E-state index contributed by atoms with van der Waals surface area (Å²) in [6, 6.07) is 0. The zero-order valence-corrected chi connectivity index (χ0v) is 12.5.